The van der Waals surface area contributed by atoms with E-state index in [1.165, 1.54) is 5.56 Å². The topological polar surface area (TPSA) is 61.3 Å². The number of ether oxygens (including phenoxy) is 1. The number of nitrogens with zero attached hydrogens (tertiary/aromatic N) is 1. The molecule has 1 aromatic heterocycles. The zero-order valence-electron chi connectivity index (χ0n) is 8.77. The third kappa shape index (κ3) is 1.52. The van der Waals surface area contributed by atoms with Crippen LogP contribution in [0.25, 0.3) is 11.3 Å². The van der Waals surface area contributed by atoms with Crippen LogP contribution in [0.2, 0.25) is 0 Å². The van der Waals surface area contributed by atoms with Gasteiger partial charge in [-0.15, -0.1) is 0 Å². The number of benzene rings is 1. The van der Waals surface area contributed by atoms with Gasteiger partial charge in [0.25, 0.3) is 0 Å². The van der Waals surface area contributed by atoms with Crippen LogP contribution in [0.3, 0.4) is 0 Å². The molecule has 0 atom stereocenters. The van der Waals surface area contributed by atoms with E-state index in [4.69, 9.17) is 15.0 Å². The molecule has 1 aromatic carbocycles. The zero-order chi connectivity index (χ0) is 11.0. The normalized spacial score (nSPS) is 14.2. The fraction of sp³-hybridized carbons (Fsp3) is 0.250. The van der Waals surface area contributed by atoms with Crippen LogP contribution in [0.1, 0.15) is 12.0 Å². The summed E-state index contributed by atoms with van der Waals surface area (Å²) in [5, 5.41) is 3.67. The van der Waals surface area contributed by atoms with Crippen LogP contribution in [-0.2, 0) is 6.42 Å². The highest BCUT2D eigenvalue weighted by Crippen LogP contribution is 2.31. The van der Waals surface area contributed by atoms with E-state index in [0.717, 1.165) is 30.8 Å². The molecule has 0 saturated heterocycles. The molecule has 0 bridgehead atoms. The zero-order valence-corrected chi connectivity index (χ0v) is 8.77. The Balaban J connectivity index is 2.02. The van der Waals surface area contributed by atoms with Gasteiger partial charge in [0, 0.05) is 11.6 Å². The lowest BCUT2D eigenvalue weighted by Crippen LogP contribution is -2.07. The maximum atomic E-state index is 5.60. The summed E-state index contributed by atoms with van der Waals surface area (Å²) >= 11 is 0. The van der Waals surface area contributed by atoms with Gasteiger partial charge in [0.15, 0.2) is 11.6 Å². The number of hydrogen-bond acceptors (Lipinski definition) is 4. The largest absolute Gasteiger partial charge is 0.493 e. The van der Waals surface area contributed by atoms with E-state index in [1.807, 2.05) is 12.1 Å². The standard InChI is InChI=1S/C12H12N2O2/c13-12-7-11(16-14-12)9-4-3-8-2-1-5-15-10(8)6-9/h3-4,6-7H,1-2,5H2,(H2,13,14). The van der Waals surface area contributed by atoms with Gasteiger partial charge >= 0.3 is 0 Å². The first-order chi connectivity index (χ1) is 7.83. The number of nitrogen functional groups attached to an aromatic ring is 1. The Morgan fingerprint density at radius 1 is 1.25 bits per heavy atom. The van der Waals surface area contributed by atoms with Crippen molar-refractivity contribution in [1.29, 1.82) is 0 Å². The summed E-state index contributed by atoms with van der Waals surface area (Å²) in [7, 11) is 0. The summed E-state index contributed by atoms with van der Waals surface area (Å²) in [6, 6.07) is 7.77. The molecule has 1 aliphatic heterocycles. The minimum Gasteiger partial charge on any atom is -0.493 e. The van der Waals surface area contributed by atoms with Crippen LogP contribution >= 0.6 is 0 Å². The lowest BCUT2D eigenvalue weighted by Gasteiger charge is -2.17. The molecule has 4 heteroatoms. The molecule has 4 nitrogen and oxygen atoms in total. The molecule has 0 fully saturated rings. The Bertz CT molecular complexity index is 519. The van der Waals surface area contributed by atoms with Gasteiger partial charge in [-0.2, -0.15) is 0 Å². The van der Waals surface area contributed by atoms with Crippen LogP contribution in [-0.4, -0.2) is 11.8 Å². The van der Waals surface area contributed by atoms with E-state index in [1.54, 1.807) is 6.07 Å². The molecule has 2 N–H and O–H groups in total. The summed E-state index contributed by atoms with van der Waals surface area (Å²) in [5.41, 5.74) is 7.72. The summed E-state index contributed by atoms with van der Waals surface area (Å²) in [4.78, 5) is 0. The average Bonchev–Trinajstić information content (AvgIpc) is 2.75. The highest BCUT2D eigenvalue weighted by atomic mass is 16.5. The number of aromatic nitrogens is 1. The maximum absolute atomic E-state index is 5.60. The molecule has 0 spiro atoms. The molecule has 0 saturated carbocycles. The Morgan fingerprint density at radius 3 is 3.00 bits per heavy atom. The molecule has 0 aliphatic carbocycles. The van der Waals surface area contributed by atoms with E-state index in [0.29, 0.717) is 11.6 Å². The predicted octanol–water partition coefficient (Wildman–Crippen LogP) is 2.25. The van der Waals surface area contributed by atoms with Gasteiger partial charge in [0.05, 0.1) is 6.61 Å². The Kier molecular flexibility index (Phi) is 2.06. The minimum atomic E-state index is 0.397. The highest BCUT2D eigenvalue weighted by molar-refractivity contribution is 5.63. The van der Waals surface area contributed by atoms with Crippen molar-refractivity contribution in [3.63, 3.8) is 0 Å². The molecule has 2 aromatic rings. The van der Waals surface area contributed by atoms with Crippen molar-refractivity contribution in [3.05, 3.63) is 29.8 Å². The van der Waals surface area contributed by atoms with Crippen molar-refractivity contribution >= 4 is 5.82 Å². The SMILES string of the molecule is Nc1cc(-c2ccc3c(c2)OCCC3)on1. The van der Waals surface area contributed by atoms with Crippen LogP contribution in [0.15, 0.2) is 28.8 Å². The quantitative estimate of drug-likeness (QED) is 0.794. The fourth-order valence-corrected chi connectivity index (χ4v) is 1.92. The molecular formula is C12H12N2O2. The van der Waals surface area contributed by atoms with Gasteiger partial charge < -0.3 is 15.0 Å². The van der Waals surface area contributed by atoms with Crippen molar-refractivity contribution in [2.45, 2.75) is 12.8 Å². The first-order valence-corrected chi connectivity index (χ1v) is 5.31. The van der Waals surface area contributed by atoms with Gasteiger partial charge in [-0.25, -0.2) is 0 Å². The number of hydrogen-bond donors (Lipinski definition) is 1. The van der Waals surface area contributed by atoms with E-state index in [-0.39, 0.29) is 0 Å². The average molecular weight is 216 g/mol. The Hall–Kier alpha value is -1.97. The van der Waals surface area contributed by atoms with Gasteiger partial charge in [0.1, 0.15) is 5.75 Å². The van der Waals surface area contributed by atoms with Crippen molar-refractivity contribution < 1.29 is 9.26 Å². The maximum Gasteiger partial charge on any atom is 0.169 e. The number of fused-ring (bicyclic) bond motifs is 1. The second-order valence-electron chi connectivity index (χ2n) is 3.89. The van der Waals surface area contributed by atoms with Crippen molar-refractivity contribution in [2.24, 2.45) is 0 Å². The molecule has 3 rings (SSSR count). The lowest BCUT2D eigenvalue weighted by molar-refractivity contribution is 0.288. The Labute approximate surface area is 93.0 Å². The summed E-state index contributed by atoms with van der Waals surface area (Å²) in [5.74, 6) is 2.02. The van der Waals surface area contributed by atoms with E-state index < -0.39 is 0 Å². The van der Waals surface area contributed by atoms with Crippen molar-refractivity contribution in [2.75, 3.05) is 12.3 Å². The van der Waals surface area contributed by atoms with Crippen LogP contribution in [0, 0.1) is 0 Å². The molecule has 82 valence electrons. The second kappa shape index (κ2) is 3.56. The third-order valence-corrected chi connectivity index (χ3v) is 2.73. The first kappa shape index (κ1) is 9.27. The van der Waals surface area contributed by atoms with Crippen LogP contribution in [0.5, 0.6) is 5.75 Å². The summed E-state index contributed by atoms with van der Waals surface area (Å²) in [6.07, 6.45) is 2.16. The molecular weight excluding hydrogens is 204 g/mol. The molecule has 1 aliphatic rings. The predicted molar refractivity (Wildman–Crippen MR) is 60.2 cm³/mol. The van der Waals surface area contributed by atoms with Crippen LogP contribution < -0.4 is 10.5 Å². The third-order valence-electron chi connectivity index (χ3n) is 2.73. The molecule has 0 radical (unpaired) electrons. The lowest BCUT2D eigenvalue weighted by atomic mass is 10.0. The van der Waals surface area contributed by atoms with E-state index >= 15 is 0 Å². The van der Waals surface area contributed by atoms with Gasteiger partial charge in [-0.05, 0) is 24.5 Å². The number of anilines is 1. The molecule has 2 heterocycles. The van der Waals surface area contributed by atoms with E-state index in [2.05, 4.69) is 11.2 Å². The smallest absolute Gasteiger partial charge is 0.169 e. The minimum absolute atomic E-state index is 0.397. The van der Waals surface area contributed by atoms with E-state index in [9.17, 15) is 0 Å². The summed E-state index contributed by atoms with van der Waals surface area (Å²) in [6.45, 7) is 0.787. The first-order valence-electron chi connectivity index (χ1n) is 5.31. The monoisotopic (exact) mass is 216 g/mol. The molecule has 0 unspecified atom stereocenters. The van der Waals surface area contributed by atoms with Crippen LogP contribution in [0.4, 0.5) is 5.82 Å². The Morgan fingerprint density at radius 2 is 2.19 bits per heavy atom. The molecule has 16 heavy (non-hydrogen) atoms. The van der Waals surface area contributed by atoms with Gasteiger partial charge in [-0.3, -0.25) is 0 Å². The summed E-state index contributed by atoms with van der Waals surface area (Å²) < 4.78 is 10.7. The van der Waals surface area contributed by atoms with Crippen molar-refractivity contribution in [1.82, 2.24) is 5.16 Å². The highest BCUT2D eigenvalue weighted by Gasteiger charge is 2.13. The fourth-order valence-electron chi connectivity index (χ4n) is 1.92. The van der Waals surface area contributed by atoms with Gasteiger partial charge in [0.2, 0.25) is 0 Å². The van der Waals surface area contributed by atoms with Gasteiger partial charge in [-0.1, -0.05) is 17.3 Å². The number of rotatable bonds is 1. The molecule has 0 amide bonds. The number of aryl methyl sites for hydroxylation is 1. The van der Waals surface area contributed by atoms with Crippen molar-refractivity contribution in [3.8, 4) is 17.1 Å². The second-order valence-corrected chi connectivity index (χ2v) is 3.89. The number of nitrogens with two attached hydrogens (primary N) is 1.